The van der Waals surface area contributed by atoms with Crippen LogP contribution in [0.4, 0.5) is 4.79 Å². The Morgan fingerprint density at radius 3 is 1.68 bits per heavy atom. The molecule has 3 rings (SSSR count). The molecule has 1 N–H and O–H groups in total. The Kier molecular flexibility index (Phi) is 9.69. The number of amides is 1. The van der Waals surface area contributed by atoms with E-state index in [2.05, 4.69) is 5.32 Å². The van der Waals surface area contributed by atoms with E-state index >= 15 is 0 Å². The molecule has 8 heteroatoms. The quantitative estimate of drug-likeness (QED) is 0.210. The number of benzene rings is 3. The molecular weight excluding hydrogens is 494 g/mol. The minimum atomic E-state index is -1.56. The molecule has 194 valence electrons. The van der Waals surface area contributed by atoms with E-state index in [-0.39, 0.29) is 18.2 Å². The van der Waals surface area contributed by atoms with Crippen molar-refractivity contribution >= 4 is 29.6 Å². The molecule has 1 amide bonds. The number of rotatable bonds is 9. The van der Waals surface area contributed by atoms with Crippen LogP contribution in [0.1, 0.15) is 43.5 Å². The first kappa shape index (κ1) is 27.7. The van der Waals surface area contributed by atoms with Crippen molar-refractivity contribution in [1.82, 2.24) is 5.32 Å². The second kappa shape index (κ2) is 12.9. The third-order valence-electron chi connectivity index (χ3n) is 5.20. The third kappa shape index (κ3) is 8.65. The zero-order valence-electron chi connectivity index (χ0n) is 21.0. The number of carbonyl (C=O) groups is 3. The number of halogens is 1. The summed E-state index contributed by atoms with van der Waals surface area (Å²) in [6.07, 6.45) is -0.825. The average molecular weight is 524 g/mol. The zero-order valence-corrected chi connectivity index (χ0v) is 21.7. The van der Waals surface area contributed by atoms with E-state index in [4.69, 9.17) is 25.8 Å². The highest BCUT2D eigenvalue weighted by Crippen LogP contribution is 2.31. The van der Waals surface area contributed by atoms with Crippen LogP contribution in [0.2, 0.25) is 5.02 Å². The van der Waals surface area contributed by atoms with Gasteiger partial charge in [0.15, 0.2) is 5.92 Å². The first-order chi connectivity index (χ1) is 17.6. The van der Waals surface area contributed by atoms with Crippen LogP contribution < -0.4 is 5.32 Å². The van der Waals surface area contributed by atoms with E-state index in [1.165, 1.54) is 0 Å². The number of nitrogens with one attached hydrogen (secondary N) is 1. The average Bonchev–Trinajstić information content (AvgIpc) is 2.86. The molecule has 37 heavy (non-hydrogen) atoms. The van der Waals surface area contributed by atoms with Crippen molar-refractivity contribution in [3.05, 3.63) is 107 Å². The second-order valence-electron chi connectivity index (χ2n) is 9.31. The van der Waals surface area contributed by atoms with Crippen molar-refractivity contribution in [2.24, 2.45) is 5.92 Å². The summed E-state index contributed by atoms with van der Waals surface area (Å²) in [6.45, 7) is 4.98. The van der Waals surface area contributed by atoms with Crippen LogP contribution in [-0.4, -0.2) is 23.6 Å². The maximum absolute atomic E-state index is 13.4. The van der Waals surface area contributed by atoms with Crippen LogP contribution in [0, 0.1) is 5.92 Å². The summed E-state index contributed by atoms with van der Waals surface area (Å²) in [7, 11) is 0. The fourth-order valence-corrected chi connectivity index (χ4v) is 3.76. The van der Waals surface area contributed by atoms with Gasteiger partial charge in [-0.25, -0.2) is 4.79 Å². The number of hydrogen-bond acceptors (Lipinski definition) is 6. The van der Waals surface area contributed by atoms with E-state index in [1.807, 2.05) is 36.4 Å². The predicted octanol–water partition coefficient (Wildman–Crippen LogP) is 6.01. The highest BCUT2D eigenvalue weighted by molar-refractivity contribution is 6.31. The van der Waals surface area contributed by atoms with Gasteiger partial charge in [0, 0.05) is 5.02 Å². The van der Waals surface area contributed by atoms with Crippen LogP contribution in [-0.2, 0) is 37.0 Å². The smallest absolute Gasteiger partial charge is 0.408 e. The molecule has 0 aliphatic rings. The second-order valence-corrected chi connectivity index (χ2v) is 9.72. The first-order valence-electron chi connectivity index (χ1n) is 11.8. The van der Waals surface area contributed by atoms with Crippen LogP contribution in [0.3, 0.4) is 0 Å². The van der Waals surface area contributed by atoms with Gasteiger partial charge >= 0.3 is 18.0 Å². The molecule has 0 bridgehead atoms. The number of alkyl carbamates (subject to hydrolysis) is 1. The molecule has 0 aromatic heterocycles. The van der Waals surface area contributed by atoms with Crippen molar-refractivity contribution < 1.29 is 28.6 Å². The summed E-state index contributed by atoms with van der Waals surface area (Å²) >= 11 is 6.44. The first-order valence-corrected chi connectivity index (χ1v) is 12.2. The SMILES string of the molecule is CC(C)(C)OC(=O)N[C@@H](c1ccccc1Cl)C(C(=O)OCc1ccccc1)C(=O)OCc1ccccc1. The van der Waals surface area contributed by atoms with E-state index in [1.54, 1.807) is 69.3 Å². The van der Waals surface area contributed by atoms with Crippen molar-refractivity contribution in [2.45, 2.75) is 45.6 Å². The van der Waals surface area contributed by atoms with E-state index in [9.17, 15) is 14.4 Å². The Hall–Kier alpha value is -3.84. The van der Waals surface area contributed by atoms with E-state index in [0.29, 0.717) is 5.56 Å². The fraction of sp³-hybridized carbons (Fsp3) is 0.276. The van der Waals surface area contributed by atoms with Gasteiger partial charge in [0.25, 0.3) is 0 Å². The van der Waals surface area contributed by atoms with Gasteiger partial charge in [0.1, 0.15) is 18.8 Å². The van der Waals surface area contributed by atoms with Gasteiger partial charge < -0.3 is 19.5 Å². The molecule has 0 aliphatic heterocycles. The van der Waals surface area contributed by atoms with E-state index in [0.717, 1.165) is 11.1 Å². The molecule has 7 nitrogen and oxygen atoms in total. The van der Waals surface area contributed by atoms with Crippen molar-refractivity contribution in [2.75, 3.05) is 0 Å². The van der Waals surface area contributed by atoms with Gasteiger partial charge in [-0.2, -0.15) is 0 Å². The van der Waals surface area contributed by atoms with Gasteiger partial charge in [-0.05, 0) is 43.5 Å². The number of hydrogen-bond donors (Lipinski definition) is 1. The molecule has 0 unspecified atom stereocenters. The van der Waals surface area contributed by atoms with Gasteiger partial charge in [-0.15, -0.1) is 0 Å². The van der Waals surface area contributed by atoms with E-state index < -0.39 is 35.6 Å². The zero-order chi connectivity index (χ0) is 26.8. The Morgan fingerprint density at radius 2 is 1.22 bits per heavy atom. The molecule has 1 atom stereocenters. The van der Waals surface area contributed by atoms with Crippen LogP contribution in [0.5, 0.6) is 0 Å². The van der Waals surface area contributed by atoms with Crippen molar-refractivity contribution in [1.29, 1.82) is 0 Å². The molecule has 0 saturated carbocycles. The van der Waals surface area contributed by atoms with Crippen molar-refractivity contribution in [3.8, 4) is 0 Å². The van der Waals surface area contributed by atoms with Crippen LogP contribution in [0.15, 0.2) is 84.9 Å². The Bertz CT molecular complexity index is 1140. The molecule has 0 saturated heterocycles. The maximum atomic E-state index is 13.4. The number of esters is 2. The lowest BCUT2D eigenvalue weighted by molar-refractivity contribution is -0.165. The fourth-order valence-electron chi connectivity index (χ4n) is 3.51. The summed E-state index contributed by atoms with van der Waals surface area (Å²) in [5.41, 5.74) is 1.00. The summed E-state index contributed by atoms with van der Waals surface area (Å²) in [6, 6.07) is 23.5. The van der Waals surface area contributed by atoms with Crippen LogP contribution >= 0.6 is 11.6 Å². The molecule has 0 fully saturated rings. The summed E-state index contributed by atoms with van der Waals surface area (Å²) in [5.74, 6) is -3.30. The summed E-state index contributed by atoms with van der Waals surface area (Å²) in [4.78, 5) is 39.6. The van der Waals surface area contributed by atoms with Crippen molar-refractivity contribution in [3.63, 3.8) is 0 Å². The number of ether oxygens (including phenoxy) is 3. The lowest BCUT2D eigenvalue weighted by Crippen LogP contribution is -2.44. The van der Waals surface area contributed by atoms with Gasteiger partial charge in [-0.1, -0.05) is 90.5 Å². The molecule has 0 spiro atoms. The van der Waals surface area contributed by atoms with Gasteiger partial charge in [-0.3, -0.25) is 9.59 Å². The highest BCUT2D eigenvalue weighted by atomic mass is 35.5. The monoisotopic (exact) mass is 523 g/mol. The van der Waals surface area contributed by atoms with Gasteiger partial charge in [0.2, 0.25) is 0 Å². The predicted molar refractivity (Wildman–Crippen MR) is 140 cm³/mol. The molecule has 0 radical (unpaired) electrons. The standard InChI is InChI=1S/C29H30ClNO6/c1-29(2,3)37-28(34)31-25(22-16-10-11-17-23(22)30)24(26(32)35-18-20-12-6-4-7-13-20)27(33)36-19-21-14-8-5-9-15-21/h4-17,24-25H,18-19H2,1-3H3,(H,31,34)/t25-/m0/s1. The minimum Gasteiger partial charge on any atom is -0.460 e. The molecular formula is C29H30ClNO6. The Morgan fingerprint density at radius 1 is 0.757 bits per heavy atom. The van der Waals surface area contributed by atoms with Crippen LogP contribution in [0.25, 0.3) is 0 Å². The Labute approximate surface area is 221 Å². The topological polar surface area (TPSA) is 90.9 Å². The molecule has 3 aromatic carbocycles. The molecule has 3 aromatic rings. The lowest BCUT2D eigenvalue weighted by atomic mass is 9.92. The maximum Gasteiger partial charge on any atom is 0.408 e. The molecule has 0 heterocycles. The highest BCUT2D eigenvalue weighted by Gasteiger charge is 2.41. The summed E-state index contributed by atoms with van der Waals surface area (Å²) in [5, 5.41) is 2.89. The number of carbonyl (C=O) groups excluding carboxylic acids is 3. The minimum absolute atomic E-state index is 0.0657. The Balaban J connectivity index is 1.93. The molecule has 0 aliphatic carbocycles. The normalized spacial score (nSPS) is 11.9. The third-order valence-corrected chi connectivity index (χ3v) is 5.55. The lowest BCUT2D eigenvalue weighted by Gasteiger charge is -2.28. The van der Waals surface area contributed by atoms with Gasteiger partial charge in [0.05, 0.1) is 6.04 Å². The summed E-state index contributed by atoms with van der Waals surface area (Å²) < 4.78 is 16.4. The largest absolute Gasteiger partial charge is 0.460 e.